The number of carbonyl (C=O) groups is 1. The lowest BCUT2D eigenvalue weighted by atomic mass is 9.89. The number of carbonyl (C=O) groups excluding carboxylic acids is 1. The number of hydrogen-bond acceptors (Lipinski definition) is 2. The van der Waals surface area contributed by atoms with Gasteiger partial charge >= 0.3 is 0 Å². The van der Waals surface area contributed by atoms with Gasteiger partial charge in [0.15, 0.2) is 0 Å². The smallest absolute Gasteiger partial charge is 0.252 e. The normalized spacial score (nSPS) is 17.1. The number of thiophene rings is 1. The molecule has 0 unspecified atom stereocenters. The van der Waals surface area contributed by atoms with Gasteiger partial charge < -0.3 is 5.32 Å². The van der Waals surface area contributed by atoms with Crippen molar-refractivity contribution in [2.75, 3.05) is 6.54 Å². The molecule has 0 atom stereocenters. The maximum atomic E-state index is 12.0. The largest absolute Gasteiger partial charge is 0.352 e. The molecule has 1 saturated carbocycles. The van der Waals surface area contributed by atoms with Crippen LogP contribution in [-0.4, -0.2) is 12.5 Å². The van der Waals surface area contributed by atoms with Crippen LogP contribution in [0.5, 0.6) is 0 Å². The van der Waals surface area contributed by atoms with E-state index in [2.05, 4.69) is 12.2 Å². The third kappa shape index (κ3) is 3.09. The van der Waals surface area contributed by atoms with Crippen LogP contribution < -0.4 is 5.32 Å². The van der Waals surface area contributed by atoms with E-state index in [1.54, 1.807) is 11.3 Å². The fourth-order valence-electron chi connectivity index (χ4n) is 2.46. The summed E-state index contributed by atoms with van der Waals surface area (Å²) in [6.07, 6.45) is 6.59. The second kappa shape index (κ2) is 5.67. The van der Waals surface area contributed by atoms with E-state index in [1.807, 2.05) is 12.3 Å². The molecule has 3 heteroatoms. The summed E-state index contributed by atoms with van der Waals surface area (Å²) < 4.78 is 0. The van der Waals surface area contributed by atoms with Crippen LogP contribution in [0.15, 0.2) is 5.38 Å². The van der Waals surface area contributed by atoms with Crippen LogP contribution >= 0.6 is 11.3 Å². The molecule has 94 valence electrons. The molecule has 1 aromatic heterocycles. The van der Waals surface area contributed by atoms with Gasteiger partial charge in [0.1, 0.15) is 0 Å². The average Bonchev–Trinajstić information content (AvgIpc) is 2.69. The Morgan fingerprint density at radius 3 is 2.65 bits per heavy atom. The Morgan fingerprint density at radius 1 is 1.35 bits per heavy atom. The lowest BCUT2D eigenvalue weighted by molar-refractivity contribution is 0.0943. The van der Waals surface area contributed by atoms with Gasteiger partial charge in [-0.1, -0.05) is 19.3 Å². The van der Waals surface area contributed by atoms with Gasteiger partial charge in [0.2, 0.25) is 0 Å². The minimum Gasteiger partial charge on any atom is -0.352 e. The lowest BCUT2D eigenvalue weighted by Crippen LogP contribution is -2.30. The quantitative estimate of drug-likeness (QED) is 0.872. The molecule has 1 amide bonds. The molecule has 2 rings (SSSR count). The Kier molecular flexibility index (Phi) is 4.21. The van der Waals surface area contributed by atoms with Gasteiger partial charge in [-0.25, -0.2) is 0 Å². The van der Waals surface area contributed by atoms with Crippen LogP contribution in [0.4, 0.5) is 0 Å². The summed E-state index contributed by atoms with van der Waals surface area (Å²) in [7, 11) is 0. The van der Waals surface area contributed by atoms with E-state index >= 15 is 0 Å². The van der Waals surface area contributed by atoms with E-state index in [-0.39, 0.29) is 5.91 Å². The molecule has 0 radical (unpaired) electrons. The van der Waals surface area contributed by atoms with Crippen LogP contribution in [0.25, 0.3) is 0 Å². The van der Waals surface area contributed by atoms with E-state index in [0.29, 0.717) is 5.92 Å². The topological polar surface area (TPSA) is 29.1 Å². The highest BCUT2D eigenvalue weighted by Gasteiger charge is 2.16. The molecule has 0 spiro atoms. The summed E-state index contributed by atoms with van der Waals surface area (Å²) in [5, 5.41) is 5.06. The molecular formula is C14H21NOS. The SMILES string of the molecule is Cc1scc(C(=O)NCC2CCCCC2)c1C. The van der Waals surface area contributed by atoms with Crippen molar-refractivity contribution in [3.05, 3.63) is 21.4 Å². The van der Waals surface area contributed by atoms with Gasteiger partial charge in [-0.3, -0.25) is 4.79 Å². The van der Waals surface area contributed by atoms with Crippen LogP contribution in [0.2, 0.25) is 0 Å². The summed E-state index contributed by atoms with van der Waals surface area (Å²) in [5.74, 6) is 0.810. The zero-order valence-corrected chi connectivity index (χ0v) is 11.5. The van der Waals surface area contributed by atoms with Gasteiger partial charge in [0.25, 0.3) is 5.91 Å². The van der Waals surface area contributed by atoms with E-state index in [1.165, 1.54) is 37.0 Å². The van der Waals surface area contributed by atoms with Crippen molar-refractivity contribution < 1.29 is 4.79 Å². The Morgan fingerprint density at radius 2 is 2.06 bits per heavy atom. The summed E-state index contributed by atoms with van der Waals surface area (Å²) in [6, 6.07) is 0. The summed E-state index contributed by atoms with van der Waals surface area (Å²) in [5.41, 5.74) is 2.00. The first kappa shape index (κ1) is 12.6. The number of amides is 1. The Bertz CT molecular complexity index is 391. The monoisotopic (exact) mass is 251 g/mol. The number of nitrogens with one attached hydrogen (secondary N) is 1. The van der Waals surface area contributed by atoms with Crippen molar-refractivity contribution in [3.63, 3.8) is 0 Å². The molecule has 0 bridgehead atoms. The zero-order valence-electron chi connectivity index (χ0n) is 10.7. The van der Waals surface area contributed by atoms with E-state index in [0.717, 1.165) is 17.7 Å². The summed E-state index contributed by atoms with van der Waals surface area (Å²) in [6.45, 7) is 4.95. The highest BCUT2D eigenvalue weighted by Crippen LogP contribution is 2.23. The van der Waals surface area contributed by atoms with Crippen LogP contribution in [0.3, 0.4) is 0 Å². The van der Waals surface area contributed by atoms with Gasteiger partial charge in [0.05, 0.1) is 5.56 Å². The van der Waals surface area contributed by atoms with Gasteiger partial charge in [-0.15, -0.1) is 11.3 Å². The first-order chi connectivity index (χ1) is 8.18. The van der Waals surface area contributed by atoms with E-state index in [4.69, 9.17) is 0 Å². The number of rotatable bonds is 3. The summed E-state index contributed by atoms with van der Waals surface area (Å²) in [4.78, 5) is 13.3. The minimum absolute atomic E-state index is 0.109. The number of aryl methyl sites for hydroxylation is 1. The Labute approximate surface area is 107 Å². The van der Waals surface area contributed by atoms with E-state index < -0.39 is 0 Å². The molecule has 1 N–H and O–H groups in total. The molecule has 0 aliphatic heterocycles. The molecule has 1 fully saturated rings. The maximum Gasteiger partial charge on any atom is 0.252 e. The second-order valence-electron chi connectivity index (χ2n) is 5.04. The van der Waals surface area contributed by atoms with Crippen molar-refractivity contribution in [3.8, 4) is 0 Å². The van der Waals surface area contributed by atoms with Crippen molar-refractivity contribution in [1.29, 1.82) is 0 Å². The molecule has 1 aromatic rings. The van der Waals surface area contributed by atoms with E-state index in [9.17, 15) is 4.79 Å². The Balaban J connectivity index is 1.86. The fourth-order valence-corrected chi connectivity index (χ4v) is 3.33. The fraction of sp³-hybridized carbons (Fsp3) is 0.643. The number of hydrogen-bond donors (Lipinski definition) is 1. The summed E-state index contributed by atoms with van der Waals surface area (Å²) >= 11 is 1.66. The van der Waals surface area contributed by atoms with Gasteiger partial charge in [-0.2, -0.15) is 0 Å². The van der Waals surface area contributed by atoms with Crippen molar-refractivity contribution in [2.45, 2.75) is 46.0 Å². The molecule has 1 aliphatic rings. The standard InChI is InChI=1S/C14H21NOS/c1-10-11(2)17-9-13(10)14(16)15-8-12-6-4-3-5-7-12/h9,12H,3-8H2,1-2H3,(H,15,16). The van der Waals surface area contributed by atoms with Crippen molar-refractivity contribution in [1.82, 2.24) is 5.32 Å². The molecule has 1 heterocycles. The highest BCUT2D eigenvalue weighted by atomic mass is 32.1. The van der Waals surface area contributed by atoms with Gasteiger partial charge in [0, 0.05) is 16.8 Å². The average molecular weight is 251 g/mol. The zero-order chi connectivity index (χ0) is 12.3. The molecule has 0 saturated heterocycles. The third-order valence-electron chi connectivity index (χ3n) is 3.81. The van der Waals surface area contributed by atoms with Crippen LogP contribution in [-0.2, 0) is 0 Å². The third-order valence-corrected chi connectivity index (χ3v) is 4.82. The molecule has 1 aliphatic carbocycles. The molecule has 2 nitrogen and oxygen atoms in total. The first-order valence-corrected chi connectivity index (χ1v) is 7.39. The highest BCUT2D eigenvalue weighted by molar-refractivity contribution is 7.10. The predicted molar refractivity (Wildman–Crippen MR) is 72.7 cm³/mol. The predicted octanol–water partition coefficient (Wildman–Crippen LogP) is 3.68. The van der Waals surface area contributed by atoms with Gasteiger partial charge in [-0.05, 0) is 38.2 Å². The first-order valence-electron chi connectivity index (χ1n) is 6.51. The van der Waals surface area contributed by atoms with Crippen molar-refractivity contribution in [2.24, 2.45) is 5.92 Å². The van der Waals surface area contributed by atoms with Crippen LogP contribution in [0.1, 0.15) is 52.9 Å². The minimum atomic E-state index is 0.109. The Hall–Kier alpha value is -0.830. The lowest BCUT2D eigenvalue weighted by Gasteiger charge is -2.21. The maximum absolute atomic E-state index is 12.0. The van der Waals surface area contributed by atoms with Crippen molar-refractivity contribution >= 4 is 17.2 Å². The molecule has 17 heavy (non-hydrogen) atoms. The van der Waals surface area contributed by atoms with Crippen LogP contribution in [0, 0.1) is 19.8 Å². The second-order valence-corrected chi connectivity index (χ2v) is 6.13. The molecule has 0 aromatic carbocycles. The molecular weight excluding hydrogens is 230 g/mol.